The maximum absolute atomic E-state index is 12.5. The molecule has 0 atom stereocenters. The van der Waals surface area contributed by atoms with E-state index in [1.807, 2.05) is 6.07 Å². The van der Waals surface area contributed by atoms with Crippen LogP contribution < -0.4 is 11.5 Å². The molecule has 0 aliphatic rings. The molecule has 0 aliphatic carbocycles. The molecule has 0 aliphatic heterocycles. The number of fused-ring (bicyclic) bond motifs is 1. The molecular weight excluding hydrogens is 321 g/mol. The quantitative estimate of drug-likeness (QED) is 0.704. The third-order valence-corrected chi connectivity index (χ3v) is 3.03. The zero-order valence-electron chi connectivity index (χ0n) is 12.3. The molecule has 1 amide bonds. The number of amides is 1. The Bertz CT molecular complexity index is 860. The Morgan fingerprint density at radius 3 is 2.38 bits per heavy atom. The van der Waals surface area contributed by atoms with Gasteiger partial charge in [-0.15, -0.1) is 0 Å². The van der Waals surface area contributed by atoms with Crippen molar-refractivity contribution < 1.29 is 18.0 Å². The Hall–Kier alpha value is -3.00. The van der Waals surface area contributed by atoms with Crippen molar-refractivity contribution in [3.8, 4) is 0 Å². The maximum atomic E-state index is 12.5. The van der Waals surface area contributed by atoms with Gasteiger partial charge >= 0.3 is 6.05 Å². The fraction of sp³-hybridized carbons (Fsp3) is 0.0625. The van der Waals surface area contributed by atoms with E-state index < -0.39 is 23.3 Å². The number of halogens is 3. The van der Waals surface area contributed by atoms with Crippen LogP contribution in [0.4, 0.5) is 13.2 Å². The van der Waals surface area contributed by atoms with Crippen LogP contribution in [0, 0.1) is 5.82 Å². The van der Waals surface area contributed by atoms with Gasteiger partial charge < -0.3 is 5.73 Å². The third kappa shape index (κ3) is 4.05. The highest BCUT2D eigenvalue weighted by atomic mass is 19.3. The first-order valence-electron chi connectivity index (χ1n) is 6.71. The molecule has 4 N–H and O–H groups in total. The second kappa shape index (κ2) is 7.05. The van der Waals surface area contributed by atoms with Crippen LogP contribution in [0.1, 0.15) is 15.9 Å². The number of hydrogen-bond donors (Lipinski definition) is 2. The first kappa shape index (κ1) is 17.4. The molecule has 0 fully saturated rings. The van der Waals surface area contributed by atoms with E-state index >= 15 is 0 Å². The van der Waals surface area contributed by atoms with Gasteiger partial charge in [0.25, 0.3) is 5.91 Å². The van der Waals surface area contributed by atoms with Crippen LogP contribution in [-0.4, -0.2) is 15.9 Å². The van der Waals surface area contributed by atoms with Gasteiger partial charge in [-0.3, -0.25) is 10.5 Å². The molecule has 8 heteroatoms. The second-order valence-electron chi connectivity index (χ2n) is 4.73. The molecule has 3 rings (SSSR count). The summed E-state index contributed by atoms with van der Waals surface area (Å²) >= 11 is 0. The molecule has 0 saturated carbocycles. The van der Waals surface area contributed by atoms with Crippen molar-refractivity contribution in [1.82, 2.24) is 9.97 Å². The third-order valence-electron chi connectivity index (χ3n) is 3.03. The molecule has 3 aromatic rings. The zero-order chi connectivity index (χ0) is 17.7. The molecule has 0 saturated heterocycles. The van der Waals surface area contributed by atoms with Gasteiger partial charge in [-0.25, -0.2) is 14.4 Å². The van der Waals surface area contributed by atoms with Crippen molar-refractivity contribution in [3.63, 3.8) is 0 Å². The van der Waals surface area contributed by atoms with Gasteiger partial charge in [0.2, 0.25) is 0 Å². The number of nitrogens with two attached hydrogens (primary N) is 2. The van der Waals surface area contributed by atoms with Crippen LogP contribution in [0.25, 0.3) is 10.9 Å². The summed E-state index contributed by atoms with van der Waals surface area (Å²) in [4.78, 5) is 18.8. The second-order valence-corrected chi connectivity index (χ2v) is 4.73. The van der Waals surface area contributed by atoms with E-state index in [-0.39, 0.29) is 0 Å². The van der Waals surface area contributed by atoms with Crippen molar-refractivity contribution >= 4 is 16.8 Å². The predicted molar refractivity (Wildman–Crippen MR) is 82.5 cm³/mol. The Morgan fingerprint density at radius 1 is 1.08 bits per heavy atom. The van der Waals surface area contributed by atoms with Gasteiger partial charge in [-0.05, 0) is 18.2 Å². The molecule has 0 bridgehead atoms. The number of hydrogen-bond acceptors (Lipinski definition) is 4. The van der Waals surface area contributed by atoms with Crippen LogP contribution in [0.3, 0.4) is 0 Å². The number of carbonyl (C=O) groups excluding carboxylic acids is 1. The summed E-state index contributed by atoms with van der Waals surface area (Å²) in [7, 11) is 0. The molecule has 0 radical (unpaired) electrons. The minimum absolute atomic E-state index is 0.430. The lowest BCUT2D eigenvalue weighted by atomic mass is 10.1. The standard InChI is InChI=1S/C9H7N3O.C7H6F3N/c10-9(13)7-3-1-2-6-4-11-5-12-8(6)7;8-6-4-2-1-3-5(6)7(9,10)11/h1-5H,(H2,10,13);1-4H,11H2. The highest BCUT2D eigenvalue weighted by Crippen LogP contribution is 2.23. The molecule has 2 aromatic carbocycles. The maximum Gasteiger partial charge on any atom is 0.329 e. The SMILES string of the molecule is NC(=O)c1cccc2cncnc12.NC(F)(F)c1ccccc1F. The molecule has 0 spiro atoms. The number of benzene rings is 2. The van der Waals surface area contributed by atoms with Crippen LogP contribution in [0.2, 0.25) is 0 Å². The number of nitrogens with zero attached hydrogens (tertiary/aromatic N) is 2. The Balaban J connectivity index is 0.000000177. The minimum atomic E-state index is -3.59. The lowest BCUT2D eigenvalue weighted by molar-refractivity contribution is -0.000588. The molecule has 0 unspecified atom stereocenters. The van der Waals surface area contributed by atoms with Crippen molar-refractivity contribution in [2.24, 2.45) is 11.5 Å². The summed E-state index contributed by atoms with van der Waals surface area (Å²) in [5.41, 5.74) is 9.82. The number of carbonyl (C=O) groups is 1. The van der Waals surface area contributed by atoms with Crippen molar-refractivity contribution in [3.05, 3.63) is 71.9 Å². The average Bonchev–Trinajstić information content (AvgIpc) is 2.54. The number of para-hydroxylation sites is 1. The van der Waals surface area contributed by atoms with Gasteiger partial charge in [0.1, 0.15) is 12.1 Å². The van der Waals surface area contributed by atoms with Crippen LogP contribution in [-0.2, 0) is 6.05 Å². The fourth-order valence-corrected chi connectivity index (χ4v) is 1.94. The smallest absolute Gasteiger partial charge is 0.329 e. The van der Waals surface area contributed by atoms with E-state index in [1.54, 1.807) is 18.3 Å². The molecule has 1 heterocycles. The minimum Gasteiger partial charge on any atom is -0.366 e. The van der Waals surface area contributed by atoms with Gasteiger partial charge in [0, 0.05) is 11.6 Å². The Labute approximate surface area is 135 Å². The molecule has 1 aromatic heterocycles. The monoisotopic (exact) mass is 334 g/mol. The van der Waals surface area contributed by atoms with Crippen LogP contribution in [0.15, 0.2) is 55.0 Å². The van der Waals surface area contributed by atoms with Crippen LogP contribution >= 0.6 is 0 Å². The molecular formula is C16H13F3N4O. The lowest BCUT2D eigenvalue weighted by Gasteiger charge is -2.09. The highest BCUT2D eigenvalue weighted by molar-refractivity contribution is 6.04. The largest absolute Gasteiger partial charge is 0.366 e. The lowest BCUT2D eigenvalue weighted by Crippen LogP contribution is -2.26. The van der Waals surface area contributed by atoms with E-state index in [9.17, 15) is 18.0 Å². The summed E-state index contributed by atoms with van der Waals surface area (Å²) < 4.78 is 37.0. The molecule has 124 valence electrons. The van der Waals surface area contributed by atoms with Crippen molar-refractivity contribution in [2.75, 3.05) is 0 Å². The normalized spacial score (nSPS) is 10.8. The van der Waals surface area contributed by atoms with Gasteiger partial charge in [0.15, 0.2) is 0 Å². The van der Waals surface area contributed by atoms with Crippen molar-refractivity contribution in [2.45, 2.75) is 6.05 Å². The highest BCUT2D eigenvalue weighted by Gasteiger charge is 2.28. The number of primary amides is 1. The van der Waals surface area contributed by atoms with E-state index in [0.717, 1.165) is 17.5 Å². The number of rotatable bonds is 2. The average molecular weight is 334 g/mol. The summed E-state index contributed by atoms with van der Waals surface area (Å²) in [6.45, 7) is 0. The summed E-state index contributed by atoms with van der Waals surface area (Å²) in [5, 5.41) is 0.818. The fourth-order valence-electron chi connectivity index (χ4n) is 1.94. The summed E-state index contributed by atoms with van der Waals surface area (Å²) in [6.07, 6.45) is 3.05. The first-order valence-corrected chi connectivity index (χ1v) is 6.71. The predicted octanol–water partition coefficient (Wildman–Crippen LogP) is 2.56. The van der Waals surface area contributed by atoms with Gasteiger partial charge in [0.05, 0.1) is 16.6 Å². The Kier molecular flexibility index (Phi) is 5.10. The topological polar surface area (TPSA) is 94.9 Å². The Morgan fingerprint density at radius 2 is 1.79 bits per heavy atom. The summed E-state index contributed by atoms with van der Waals surface area (Å²) in [5.74, 6) is -1.45. The van der Waals surface area contributed by atoms with Gasteiger partial charge in [-0.1, -0.05) is 24.3 Å². The van der Waals surface area contributed by atoms with E-state index in [1.165, 1.54) is 18.5 Å². The number of alkyl halides is 2. The van der Waals surface area contributed by atoms with E-state index in [2.05, 4.69) is 15.7 Å². The van der Waals surface area contributed by atoms with E-state index in [0.29, 0.717) is 11.1 Å². The number of aromatic nitrogens is 2. The zero-order valence-corrected chi connectivity index (χ0v) is 12.3. The van der Waals surface area contributed by atoms with E-state index in [4.69, 9.17) is 5.73 Å². The van der Waals surface area contributed by atoms with Crippen LogP contribution in [0.5, 0.6) is 0 Å². The first-order chi connectivity index (χ1) is 11.3. The van der Waals surface area contributed by atoms with Gasteiger partial charge in [-0.2, -0.15) is 8.78 Å². The molecule has 24 heavy (non-hydrogen) atoms. The summed E-state index contributed by atoms with van der Waals surface area (Å²) in [6, 6.07) is 6.17. The molecule has 5 nitrogen and oxygen atoms in total. The van der Waals surface area contributed by atoms with Crippen molar-refractivity contribution in [1.29, 1.82) is 0 Å².